The minimum atomic E-state index is -1.98. The van der Waals surface area contributed by atoms with Gasteiger partial charge >= 0.3 is 0 Å². The van der Waals surface area contributed by atoms with E-state index in [1.807, 2.05) is 0 Å². The first-order valence-corrected chi connectivity index (χ1v) is 32.3. The van der Waals surface area contributed by atoms with Crippen molar-refractivity contribution in [3.63, 3.8) is 0 Å². The van der Waals surface area contributed by atoms with Gasteiger partial charge in [0.15, 0.2) is 18.9 Å². The highest BCUT2D eigenvalue weighted by Crippen LogP contribution is 2.33. The third-order valence-corrected chi connectivity index (χ3v) is 15.7. The fraction of sp³-hybridized carbons (Fsp3) is 0.773. The minimum absolute atomic E-state index is 0.238. The minimum Gasteiger partial charge on any atom is -0.394 e. The summed E-state index contributed by atoms with van der Waals surface area (Å²) in [6.07, 6.45) is 32.3. The Kier molecular flexibility index (Phi) is 43.0. The SMILES string of the molecule is CC/C=C\C/C=C\C/C=C\C/C=C\C/C=C\C/C=C\C/C=C\CCCCCCCC(=O)NC(COC1OC(CO)C(OC2OC(CO)C(OC3OC(CO)C(O)C(O)C3O)C(O)C2O)C(O)C1O)C(O)CCCCCCCCCCCCCCC. The summed E-state index contributed by atoms with van der Waals surface area (Å²) in [5.41, 5.74) is 0. The average molecular weight is 1210 g/mol. The molecule has 17 atom stereocenters. The fourth-order valence-corrected chi connectivity index (χ4v) is 10.5. The van der Waals surface area contributed by atoms with Gasteiger partial charge in [0.05, 0.1) is 38.6 Å². The summed E-state index contributed by atoms with van der Waals surface area (Å²) in [6, 6.07) is -0.903. The number of amides is 1. The molecule has 3 fully saturated rings. The van der Waals surface area contributed by atoms with Crippen molar-refractivity contribution in [1.29, 1.82) is 0 Å². The van der Waals surface area contributed by atoms with Crippen LogP contribution in [0.2, 0.25) is 0 Å². The van der Waals surface area contributed by atoms with E-state index in [1.54, 1.807) is 0 Å². The number of hydrogen-bond acceptors (Lipinski definition) is 18. The topological polar surface area (TPSA) is 307 Å². The second-order valence-electron chi connectivity index (χ2n) is 22.8. The maximum absolute atomic E-state index is 13.4. The van der Waals surface area contributed by atoms with Crippen LogP contribution < -0.4 is 5.32 Å². The van der Waals surface area contributed by atoms with Crippen LogP contribution in [0.4, 0.5) is 0 Å². The molecule has 1 amide bonds. The highest BCUT2D eigenvalue weighted by atomic mass is 16.8. The van der Waals surface area contributed by atoms with Crippen molar-refractivity contribution in [2.75, 3.05) is 26.4 Å². The number of carbonyl (C=O) groups is 1. The predicted octanol–water partition coefficient (Wildman–Crippen LogP) is 7.15. The molecule has 3 rings (SSSR count). The highest BCUT2D eigenvalue weighted by molar-refractivity contribution is 5.76. The maximum Gasteiger partial charge on any atom is 0.220 e. The van der Waals surface area contributed by atoms with Crippen molar-refractivity contribution in [2.24, 2.45) is 0 Å². The summed E-state index contributed by atoms with van der Waals surface area (Å²) in [6.45, 7) is 1.64. The molecular weight excluding hydrogens is 1090 g/mol. The number of unbranched alkanes of at least 4 members (excludes halogenated alkanes) is 17. The number of nitrogens with one attached hydrogen (secondary N) is 1. The van der Waals surface area contributed by atoms with E-state index in [0.717, 1.165) is 103 Å². The summed E-state index contributed by atoms with van der Waals surface area (Å²) in [5.74, 6) is -0.266. The third kappa shape index (κ3) is 30.8. The fourth-order valence-electron chi connectivity index (χ4n) is 10.5. The van der Waals surface area contributed by atoms with Gasteiger partial charge in [-0.25, -0.2) is 0 Å². The van der Waals surface area contributed by atoms with Gasteiger partial charge in [-0.05, 0) is 70.6 Å². The van der Waals surface area contributed by atoms with Crippen LogP contribution in [0.25, 0.3) is 0 Å². The number of carbonyl (C=O) groups excluding carboxylic acids is 1. The molecule has 0 aliphatic carbocycles. The number of hydrogen-bond donors (Lipinski definition) is 12. The van der Waals surface area contributed by atoms with Crippen molar-refractivity contribution in [2.45, 2.75) is 298 Å². The van der Waals surface area contributed by atoms with Crippen molar-refractivity contribution in [1.82, 2.24) is 5.32 Å². The van der Waals surface area contributed by atoms with Crippen LogP contribution in [-0.4, -0.2) is 193 Å². The molecule has 0 spiro atoms. The van der Waals surface area contributed by atoms with E-state index < -0.39 is 124 Å². The summed E-state index contributed by atoms with van der Waals surface area (Å²) >= 11 is 0. The molecule has 0 saturated carbocycles. The summed E-state index contributed by atoms with van der Waals surface area (Å²) in [5, 5.41) is 120. The molecule has 19 nitrogen and oxygen atoms in total. The largest absolute Gasteiger partial charge is 0.394 e. The van der Waals surface area contributed by atoms with Crippen LogP contribution in [0.15, 0.2) is 85.1 Å². The van der Waals surface area contributed by atoms with Crippen LogP contribution >= 0.6 is 0 Å². The molecule has 0 aromatic carbocycles. The lowest BCUT2D eigenvalue weighted by atomic mass is 9.96. The van der Waals surface area contributed by atoms with E-state index in [2.05, 4.69) is 104 Å². The second kappa shape index (κ2) is 47.9. The highest BCUT2D eigenvalue weighted by Gasteiger charge is 2.53. The van der Waals surface area contributed by atoms with Crippen molar-refractivity contribution >= 4 is 5.91 Å². The first kappa shape index (κ1) is 76.2. The molecule has 85 heavy (non-hydrogen) atoms. The maximum atomic E-state index is 13.4. The zero-order chi connectivity index (χ0) is 61.9. The van der Waals surface area contributed by atoms with E-state index in [0.29, 0.717) is 12.8 Å². The van der Waals surface area contributed by atoms with E-state index in [4.69, 9.17) is 28.4 Å². The molecule has 12 N–H and O–H groups in total. The van der Waals surface area contributed by atoms with Crippen molar-refractivity contribution < 1.29 is 89.4 Å². The zero-order valence-electron chi connectivity index (χ0n) is 51.3. The summed E-state index contributed by atoms with van der Waals surface area (Å²) in [4.78, 5) is 13.4. The lowest BCUT2D eigenvalue weighted by Crippen LogP contribution is -2.66. The number of aliphatic hydroxyl groups excluding tert-OH is 11. The number of aliphatic hydroxyl groups is 11. The van der Waals surface area contributed by atoms with Gasteiger partial charge in [0.1, 0.15) is 73.2 Å². The monoisotopic (exact) mass is 1210 g/mol. The Labute approximate surface area is 508 Å². The van der Waals surface area contributed by atoms with Gasteiger partial charge in [0.25, 0.3) is 0 Å². The second-order valence-corrected chi connectivity index (χ2v) is 22.8. The van der Waals surface area contributed by atoms with Gasteiger partial charge in [-0.3, -0.25) is 4.79 Å². The molecular formula is C66H113NO18. The molecule has 3 heterocycles. The Morgan fingerprint density at radius 2 is 0.812 bits per heavy atom. The molecule has 490 valence electrons. The number of allylic oxidation sites excluding steroid dienone is 14. The molecule has 3 saturated heterocycles. The van der Waals surface area contributed by atoms with E-state index in [-0.39, 0.29) is 18.9 Å². The quantitative estimate of drug-likeness (QED) is 0.0213. The lowest BCUT2D eigenvalue weighted by molar-refractivity contribution is -0.379. The number of ether oxygens (including phenoxy) is 6. The van der Waals surface area contributed by atoms with E-state index in [9.17, 15) is 61.0 Å². The van der Waals surface area contributed by atoms with Gasteiger partial charge in [0, 0.05) is 6.42 Å². The van der Waals surface area contributed by atoms with E-state index >= 15 is 0 Å². The third-order valence-electron chi connectivity index (χ3n) is 15.7. The Bertz CT molecular complexity index is 1880. The predicted molar refractivity (Wildman–Crippen MR) is 328 cm³/mol. The first-order chi connectivity index (χ1) is 41.3. The molecule has 3 aliphatic heterocycles. The summed E-state index contributed by atoms with van der Waals surface area (Å²) in [7, 11) is 0. The van der Waals surface area contributed by atoms with Gasteiger partial charge in [-0.2, -0.15) is 0 Å². The molecule has 0 aromatic rings. The Morgan fingerprint density at radius 1 is 0.435 bits per heavy atom. The van der Waals surface area contributed by atoms with Crippen LogP contribution in [0.5, 0.6) is 0 Å². The first-order valence-electron chi connectivity index (χ1n) is 32.3. The van der Waals surface area contributed by atoms with Gasteiger partial charge in [-0.1, -0.05) is 202 Å². The van der Waals surface area contributed by atoms with Crippen LogP contribution in [0.3, 0.4) is 0 Å². The molecule has 0 aromatic heterocycles. The average Bonchev–Trinajstić information content (AvgIpc) is 2.72. The molecule has 19 heteroatoms. The van der Waals surface area contributed by atoms with Gasteiger partial charge in [-0.15, -0.1) is 0 Å². The normalized spacial score (nSPS) is 29.5. The van der Waals surface area contributed by atoms with Crippen molar-refractivity contribution in [3.8, 4) is 0 Å². The van der Waals surface area contributed by atoms with Gasteiger partial charge < -0.3 is 89.9 Å². The molecule has 3 aliphatic rings. The lowest BCUT2D eigenvalue weighted by Gasteiger charge is -2.48. The standard InChI is InChI=1S/C66H113NO18/c1-3-5-7-9-11-13-15-17-18-19-20-21-22-23-24-25-26-27-28-29-30-32-34-36-38-40-42-44-54(72)67-49(50(71)43-41-39-37-35-33-31-16-14-12-10-8-6-4-2)48-80-64-60(78)57(75)62(52(46-69)82-64)85-66-61(79)58(76)63(53(47-70)83-66)84-65-59(77)56(74)55(73)51(45-68)81-65/h5,7,11,13,17-18,20-21,23-24,26-27,29-30,49-53,55-66,68-71,73-79H,3-4,6,8-10,12,14-16,19,22,25,28,31-48H2,1-2H3,(H,67,72)/b7-5-,13-11-,18-17-,21-20-,24-23-,27-26-,30-29-. The van der Waals surface area contributed by atoms with Gasteiger partial charge in [0.2, 0.25) is 5.91 Å². The smallest absolute Gasteiger partial charge is 0.220 e. The van der Waals surface area contributed by atoms with Crippen LogP contribution in [0, 0.1) is 0 Å². The van der Waals surface area contributed by atoms with Crippen molar-refractivity contribution in [3.05, 3.63) is 85.1 Å². The Morgan fingerprint density at radius 3 is 1.27 bits per heavy atom. The van der Waals surface area contributed by atoms with Crippen LogP contribution in [-0.2, 0) is 33.2 Å². The van der Waals surface area contributed by atoms with E-state index in [1.165, 1.54) is 57.8 Å². The molecule has 0 bridgehead atoms. The Hall–Kier alpha value is -3.03. The molecule has 0 radical (unpaired) electrons. The van der Waals surface area contributed by atoms with Crippen LogP contribution in [0.1, 0.15) is 194 Å². The summed E-state index contributed by atoms with van der Waals surface area (Å²) < 4.78 is 34.3. The zero-order valence-corrected chi connectivity index (χ0v) is 51.3. The Balaban J connectivity index is 1.44. The molecule has 17 unspecified atom stereocenters. The number of rotatable bonds is 47.